The van der Waals surface area contributed by atoms with Gasteiger partial charge >= 0.3 is 0 Å². The molecule has 0 heterocycles. The molecule has 0 saturated carbocycles. The van der Waals surface area contributed by atoms with Crippen LogP contribution in [0.1, 0.15) is 23.6 Å². The number of hydrogen-bond acceptors (Lipinski definition) is 1. The molecular weight excluding hydrogens is 237 g/mol. The van der Waals surface area contributed by atoms with Crippen LogP contribution in [0.2, 0.25) is 0 Å². The highest BCUT2D eigenvalue weighted by Crippen LogP contribution is 2.24. The molecule has 0 bridgehead atoms. The van der Waals surface area contributed by atoms with Crippen molar-refractivity contribution in [3.63, 3.8) is 0 Å². The Bertz CT molecular complexity index is 575. The molecule has 1 N–H and O–H groups in total. The van der Waals surface area contributed by atoms with Crippen LogP contribution in [0.15, 0.2) is 36.4 Å². The van der Waals surface area contributed by atoms with E-state index in [1.165, 1.54) is 11.1 Å². The van der Waals surface area contributed by atoms with Crippen LogP contribution in [0.25, 0.3) is 11.1 Å². The third-order valence-corrected chi connectivity index (χ3v) is 3.46. The van der Waals surface area contributed by atoms with Gasteiger partial charge in [-0.3, -0.25) is 0 Å². The van der Waals surface area contributed by atoms with Crippen molar-refractivity contribution < 1.29 is 4.39 Å². The summed E-state index contributed by atoms with van der Waals surface area (Å²) in [7, 11) is 0. The van der Waals surface area contributed by atoms with Gasteiger partial charge < -0.3 is 5.32 Å². The summed E-state index contributed by atoms with van der Waals surface area (Å²) >= 11 is 0. The Kier molecular flexibility index (Phi) is 4.33. The molecule has 0 atom stereocenters. The van der Waals surface area contributed by atoms with Crippen molar-refractivity contribution in [1.29, 1.82) is 0 Å². The van der Waals surface area contributed by atoms with E-state index in [4.69, 9.17) is 0 Å². The minimum Gasteiger partial charge on any atom is -0.313 e. The summed E-state index contributed by atoms with van der Waals surface area (Å²) in [6.07, 6.45) is 0. The third-order valence-electron chi connectivity index (χ3n) is 3.46. The van der Waals surface area contributed by atoms with Gasteiger partial charge in [0.15, 0.2) is 0 Å². The maximum atomic E-state index is 14.0. The highest BCUT2D eigenvalue weighted by Gasteiger charge is 2.05. The SMILES string of the molecule is CCNCc1ccc(-c2ccc(C)c(C)c2)cc1F. The lowest BCUT2D eigenvalue weighted by atomic mass is 9.99. The van der Waals surface area contributed by atoms with Crippen molar-refractivity contribution in [2.45, 2.75) is 27.3 Å². The molecule has 0 aliphatic rings. The Morgan fingerprint density at radius 1 is 0.947 bits per heavy atom. The summed E-state index contributed by atoms with van der Waals surface area (Å²) in [5.41, 5.74) is 5.20. The summed E-state index contributed by atoms with van der Waals surface area (Å²) in [6.45, 7) is 7.60. The first-order valence-electron chi connectivity index (χ1n) is 6.68. The molecule has 0 radical (unpaired) electrons. The van der Waals surface area contributed by atoms with Crippen LogP contribution in [0.5, 0.6) is 0 Å². The highest BCUT2D eigenvalue weighted by atomic mass is 19.1. The summed E-state index contributed by atoms with van der Waals surface area (Å²) in [4.78, 5) is 0. The van der Waals surface area contributed by atoms with Crippen molar-refractivity contribution in [1.82, 2.24) is 5.32 Å². The van der Waals surface area contributed by atoms with Gasteiger partial charge in [-0.1, -0.05) is 37.3 Å². The van der Waals surface area contributed by atoms with Gasteiger partial charge in [-0.15, -0.1) is 0 Å². The number of hydrogen-bond donors (Lipinski definition) is 1. The second-order valence-electron chi connectivity index (χ2n) is 4.89. The highest BCUT2D eigenvalue weighted by molar-refractivity contribution is 5.65. The van der Waals surface area contributed by atoms with Crippen molar-refractivity contribution in [2.75, 3.05) is 6.54 Å². The molecule has 19 heavy (non-hydrogen) atoms. The molecule has 2 heteroatoms. The summed E-state index contributed by atoms with van der Waals surface area (Å²) in [6, 6.07) is 11.7. The van der Waals surface area contributed by atoms with Gasteiger partial charge in [-0.05, 0) is 48.7 Å². The molecular formula is C17H20FN. The van der Waals surface area contributed by atoms with Gasteiger partial charge in [-0.25, -0.2) is 4.39 Å². The fourth-order valence-corrected chi connectivity index (χ4v) is 2.05. The lowest BCUT2D eigenvalue weighted by molar-refractivity contribution is 0.594. The zero-order valence-electron chi connectivity index (χ0n) is 11.8. The van der Waals surface area contributed by atoms with Crippen LogP contribution in [0, 0.1) is 19.7 Å². The van der Waals surface area contributed by atoms with E-state index >= 15 is 0 Å². The summed E-state index contributed by atoms with van der Waals surface area (Å²) < 4.78 is 14.0. The molecule has 0 saturated heterocycles. The van der Waals surface area contributed by atoms with E-state index in [0.717, 1.165) is 23.2 Å². The van der Waals surface area contributed by atoms with E-state index in [1.807, 2.05) is 25.1 Å². The average Bonchev–Trinajstić information content (AvgIpc) is 2.40. The average molecular weight is 257 g/mol. The van der Waals surface area contributed by atoms with E-state index in [0.29, 0.717) is 6.54 Å². The molecule has 0 spiro atoms. The molecule has 0 aliphatic carbocycles. The monoisotopic (exact) mass is 257 g/mol. The first-order chi connectivity index (χ1) is 9.11. The maximum absolute atomic E-state index is 14.0. The fraction of sp³-hybridized carbons (Fsp3) is 0.294. The zero-order valence-corrected chi connectivity index (χ0v) is 11.8. The van der Waals surface area contributed by atoms with E-state index < -0.39 is 0 Å². The molecule has 0 amide bonds. The van der Waals surface area contributed by atoms with Crippen LogP contribution in [-0.4, -0.2) is 6.54 Å². The van der Waals surface area contributed by atoms with E-state index in [9.17, 15) is 4.39 Å². The Morgan fingerprint density at radius 3 is 2.26 bits per heavy atom. The van der Waals surface area contributed by atoms with Crippen molar-refractivity contribution in [3.8, 4) is 11.1 Å². The van der Waals surface area contributed by atoms with Crippen molar-refractivity contribution in [2.24, 2.45) is 0 Å². The number of nitrogens with one attached hydrogen (secondary N) is 1. The predicted molar refractivity (Wildman–Crippen MR) is 78.7 cm³/mol. The molecule has 2 aromatic rings. The topological polar surface area (TPSA) is 12.0 Å². The number of benzene rings is 2. The minimum absolute atomic E-state index is 0.142. The van der Waals surface area contributed by atoms with Gasteiger partial charge in [0.25, 0.3) is 0 Å². The number of rotatable bonds is 4. The van der Waals surface area contributed by atoms with Crippen LogP contribution < -0.4 is 5.32 Å². The Hall–Kier alpha value is -1.67. The Labute approximate surface area is 114 Å². The number of aryl methyl sites for hydroxylation is 2. The minimum atomic E-state index is -0.142. The third kappa shape index (κ3) is 3.21. The molecule has 0 aromatic heterocycles. The smallest absolute Gasteiger partial charge is 0.128 e. The van der Waals surface area contributed by atoms with E-state index in [-0.39, 0.29) is 5.82 Å². The van der Waals surface area contributed by atoms with E-state index in [1.54, 1.807) is 6.07 Å². The largest absolute Gasteiger partial charge is 0.313 e. The zero-order chi connectivity index (χ0) is 13.8. The van der Waals surface area contributed by atoms with Crippen LogP contribution in [-0.2, 0) is 6.54 Å². The Balaban J connectivity index is 2.30. The molecule has 100 valence electrons. The van der Waals surface area contributed by atoms with Crippen LogP contribution in [0.4, 0.5) is 4.39 Å². The van der Waals surface area contributed by atoms with Gasteiger partial charge in [0.05, 0.1) is 0 Å². The van der Waals surface area contributed by atoms with Gasteiger partial charge in [-0.2, -0.15) is 0 Å². The molecule has 2 aromatic carbocycles. The van der Waals surface area contributed by atoms with Gasteiger partial charge in [0, 0.05) is 12.1 Å². The number of halogens is 1. The normalized spacial score (nSPS) is 10.7. The maximum Gasteiger partial charge on any atom is 0.128 e. The predicted octanol–water partition coefficient (Wildman–Crippen LogP) is 4.22. The van der Waals surface area contributed by atoms with Gasteiger partial charge in [0.1, 0.15) is 5.82 Å². The van der Waals surface area contributed by atoms with E-state index in [2.05, 4.69) is 31.3 Å². The van der Waals surface area contributed by atoms with Crippen molar-refractivity contribution in [3.05, 3.63) is 58.9 Å². The second-order valence-corrected chi connectivity index (χ2v) is 4.89. The quantitative estimate of drug-likeness (QED) is 0.864. The van der Waals surface area contributed by atoms with Crippen molar-refractivity contribution >= 4 is 0 Å². The van der Waals surface area contributed by atoms with Gasteiger partial charge in [0.2, 0.25) is 0 Å². The summed E-state index contributed by atoms with van der Waals surface area (Å²) in [5.74, 6) is -0.142. The molecule has 0 fully saturated rings. The lowest BCUT2D eigenvalue weighted by Gasteiger charge is -2.08. The Morgan fingerprint density at radius 2 is 1.63 bits per heavy atom. The van der Waals surface area contributed by atoms with Crippen LogP contribution >= 0.6 is 0 Å². The second kappa shape index (κ2) is 5.98. The summed E-state index contributed by atoms with van der Waals surface area (Å²) in [5, 5.41) is 3.14. The lowest BCUT2D eigenvalue weighted by Crippen LogP contribution is -2.12. The molecule has 0 unspecified atom stereocenters. The molecule has 1 nitrogen and oxygen atoms in total. The standard InChI is InChI=1S/C17H20FN/c1-4-19-11-16-8-7-15(10-17(16)18)14-6-5-12(2)13(3)9-14/h5-10,19H,4,11H2,1-3H3. The molecule has 0 aliphatic heterocycles. The first-order valence-corrected chi connectivity index (χ1v) is 6.68. The molecule has 2 rings (SSSR count). The fourth-order valence-electron chi connectivity index (χ4n) is 2.05. The first kappa shape index (κ1) is 13.8. The van der Waals surface area contributed by atoms with Crippen LogP contribution in [0.3, 0.4) is 0 Å².